The number of carbonyl (C=O) groups excluding carboxylic acids is 1. The van der Waals surface area contributed by atoms with E-state index in [-0.39, 0.29) is 5.82 Å². The molecule has 0 aromatic heterocycles. The molecule has 0 unspecified atom stereocenters. The zero-order valence-electron chi connectivity index (χ0n) is 11.3. The van der Waals surface area contributed by atoms with Crippen molar-refractivity contribution in [2.45, 2.75) is 6.92 Å². The second-order valence-electron chi connectivity index (χ2n) is 4.49. The summed E-state index contributed by atoms with van der Waals surface area (Å²) in [5.41, 5.74) is 7.32. The SMILES string of the molecule is Cc1ccc(NC(=S)Nc2cccc(C(N)=O)c2)cc1F. The van der Waals surface area contributed by atoms with Gasteiger partial charge in [-0.3, -0.25) is 4.79 Å². The van der Waals surface area contributed by atoms with Gasteiger partial charge in [-0.05, 0) is 55.0 Å². The second-order valence-corrected chi connectivity index (χ2v) is 4.90. The van der Waals surface area contributed by atoms with Crippen LogP contribution in [0.1, 0.15) is 15.9 Å². The van der Waals surface area contributed by atoms with Gasteiger partial charge in [-0.25, -0.2) is 4.39 Å². The van der Waals surface area contributed by atoms with Crippen molar-refractivity contribution in [2.75, 3.05) is 10.6 Å². The number of hydrogen-bond donors (Lipinski definition) is 3. The number of anilines is 2. The van der Waals surface area contributed by atoms with Crippen molar-refractivity contribution in [1.82, 2.24) is 0 Å². The van der Waals surface area contributed by atoms with Crippen LogP contribution >= 0.6 is 12.2 Å². The summed E-state index contributed by atoms with van der Waals surface area (Å²) < 4.78 is 13.4. The lowest BCUT2D eigenvalue weighted by molar-refractivity contribution is 0.100. The molecular formula is C15H14FN3OS. The molecule has 4 nitrogen and oxygen atoms in total. The van der Waals surface area contributed by atoms with Crippen molar-refractivity contribution >= 4 is 34.6 Å². The molecular weight excluding hydrogens is 289 g/mol. The predicted octanol–water partition coefficient (Wildman–Crippen LogP) is 3.04. The van der Waals surface area contributed by atoms with Gasteiger partial charge in [-0.15, -0.1) is 0 Å². The maximum Gasteiger partial charge on any atom is 0.248 e. The highest BCUT2D eigenvalue weighted by atomic mass is 32.1. The maximum atomic E-state index is 13.4. The van der Waals surface area contributed by atoms with Gasteiger partial charge >= 0.3 is 0 Å². The molecule has 0 bridgehead atoms. The van der Waals surface area contributed by atoms with Crippen molar-refractivity contribution in [3.8, 4) is 0 Å². The Kier molecular flexibility index (Phi) is 4.49. The Morgan fingerprint density at radius 3 is 2.43 bits per heavy atom. The molecule has 0 saturated carbocycles. The Hall–Kier alpha value is -2.47. The molecule has 2 aromatic rings. The number of hydrogen-bond acceptors (Lipinski definition) is 2. The molecule has 21 heavy (non-hydrogen) atoms. The molecule has 2 rings (SSSR count). The van der Waals surface area contributed by atoms with Gasteiger partial charge in [-0.2, -0.15) is 0 Å². The molecule has 0 heterocycles. The number of nitrogens with one attached hydrogen (secondary N) is 2. The fraction of sp³-hybridized carbons (Fsp3) is 0.0667. The Balaban J connectivity index is 2.06. The van der Waals surface area contributed by atoms with Gasteiger partial charge in [0.2, 0.25) is 5.91 Å². The quantitative estimate of drug-likeness (QED) is 0.762. The van der Waals surface area contributed by atoms with Gasteiger partial charge in [0.1, 0.15) is 5.82 Å². The lowest BCUT2D eigenvalue weighted by Crippen LogP contribution is -2.19. The Morgan fingerprint density at radius 1 is 1.14 bits per heavy atom. The predicted molar refractivity (Wildman–Crippen MR) is 85.9 cm³/mol. The molecule has 6 heteroatoms. The summed E-state index contributed by atoms with van der Waals surface area (Å²) in [6.07, 6.45) is 0. The van der Waals surface area contributed by atoms with Crippen LogP contribution in [-0.4, -0.2) is 11.0 Å². The topological polar surface area (TPSA) is 67.2 Å². The van der Waals surface area contributed by atoms with Crippen molar-refractivity contribution in [2.24, 2.45) is 5.73 Å². The third-order valence-electron chi connectivity index (χ3n) is 2.83. The summed E-state index contributed by atoms with van der Waals surface area (Å²) in [6, 6.07) is 11.4. The molecule has 108 valence electrons. The molecule has 0 radical (unpaired) electrons. The maximum absolute atomic E-state index is 13.4. The zero-order chi connectivity index (χ0) is 15.4. The summed E-state index contributed by atoms with van der Waals surface area (Å²) >= 11 is 5.14. The third-order valence-corrected chi connectivity index (χ3v) is 3.04. The minimum absolute atomic E-state index is 0.292. The highest BCUT2D eigenvalue weighted by molar-refractivity contribution is 7.80. The molecule has 0 fully saturated rings. The minimum atomic E-state index is -0.516. The number of nitrogens with two attached hydrogens (primary N) is 1. The van der Waals surface area contributed by atoms with Crippen LogP contribution in [0.3, 0.4) is 0 Å². The average molecular weight is 303 g/mol. The number of primary amides is 1. The molecule has 0 atom stereocenters. The number of aryl methyl sites for hydroxylation is 1. The summed E-state index contributed by atoms with van der Waals surface area (Å²) in [7, 11) is 0. The third kappa shape index (κ3) is 4.00. The van der Waals surface area contributed by atoms with Gasteiger partial charge < -0.3 is 16.4 Å². The van der Waals surface area contributed by atoms with Crippen LogP contribution in [0.2, 0.25) is 0 Å². The van der Waals surface area contributed by atoms with Gasteiger partial charge in [0.25, 0.3) is 0 Å². The van der Waals surface area contributed by atoms with E-state index >= 15 is 0 Å². The molecule has 0 aliphatic rings. The number of amides is 1. The van der Waals surface area contributed by atoms with Crippen LogP contribution in [0.5, 0.6) is 0 Å². The number of carbonyl (C=O) groups is 1. The van der Waals surface area contributed by atoms with Crippen LogP contribution in [0.4, 0.5) is 15.8 Å². The molecule has 4 N–H and O–H groups in total. The first-order valence-corrected chi connectivity index (χ1v) is 6.60. The smallest absolute Gasteiger partial charge is 0.248 e. The molecule has 0 saturated heterocycles. The van der Waals surface area contributed by atoms with Crippen molar-refractivity contribution in [3.05, 3.63) is 59.4 Å². The standard InChI is InChI=1S/C15H14FN3OS/c1-9-5-6-12(8-13(9)16)19-15(21)18-11-4-2-3-10(7-11)14(17)20/h2-8H,1H3,(H2,17,20)(H2,18,19,21). The summed E-state index contributed by atoms with van der Waals surface area (Å²) in [6.45, 7) is 1.69. The van der Waals surface area contributed by atoms with Crippen LogP contribution in [0.25, 0.3) is 0 Å². The Labute approximate surface area is 127 Å². The first kappa shape index (κ1) is 14.9. The summed E-state index contributed by atoms with van der Waals surface area (Å²) in [5, 5.41) is 6.07. The zero-order valence-corrected chi connectivity index (χ0v) is 12.1. The lowest BCUT2D eigenvalue weighted by atomic mass is 10.2. The van der Waals surface area contributed by atoms with Crippen molar-refractivity contribution in [1.29, 1.82) is 0 Å². The number of thiocarbonyl (C=S) groups is 1. The monoisotopic (exact) mass is 303 g/mol. The van der Waals surface area contributed by atoms with Gasteiger partial charge in [0, 0.05) is 16.9 Å². The van der Waals surface area contributed by atoms with E-state index < -0.39 is 5.91 Å². The molecule has 1 amide bonds. The molecule has 0 aliphatic heterocycles. The average Bonchev–Trinajstić information content (AvgIpc) is 2.43. The number of benzene rings is 2. The van der Waals surface area contributed by atoms with E-state index in [1.54, 1.807) is 43.3 Å². The Bertz CT molecular complexity index is 703. The van der Waals surface area contributed by atoms with Crippen LogP contribution in [-0.2, 0) is 0 Å². The van der Waals surface area contributed by atoms with Crippen molar-refractivity contribution in [3.63, 3.8) is 0 Å². The number of rotatable bonds is 3. The van der Waals surface area contributed by atoms with E-state index in [2.05, 4.69) is 10.6 Å². The first-order valence-electron chi connectivity index (χ1n) is 6.20. The van der Waals surface area contributed by atoms with Crippen LogP contribution in [0, 0.1) is 12.7 Å². The highest BCUT2D eigenvalue weighted by Crippen LogP contribution is 2.15. The van der Waals surface area contributed by atoms with E-state index in [0.29, 0.717) is 27.6 Å². The van der Waals surface area contributed by atoms with E-state index in [0.717, 1.165) is 0 Å². The van der Waals surface area contributed by atoms with Crippen molar-refractivity contribution < 1.29 is 9.18 Å². The molecule has 2 aromatic carbocycles. The molecule has 0 aliphatic carbocycles. The fourth-order valence-corrected chi connectivity index (χ4v) is 1.95. The van der Waals surface area contributed by atoms with E-state index in [9.17, 15) is 9.18 Å². The summed E-state index contributed by atoms with van der Waals surface area (Å²) in [4.78, 5) is 11.1. The molecule has 0 spiro atoms. The fourth-order valence-electron chi connectivity index (χ4n) is 1.71. The second kappa shape index (κ2) is 6.32. The first-order chi connectivity index (χ1) is 9.95. The van der Waals surface area contributed by atoms with Gasteiger partial charge in [0.05, 0.1) is 0 Å². The number of halogens is 1. The van der Waals surface area contributed by atoms with Crippen LogP contribution in [0.15, 0.2) is 42.5 Å². The highest BCUT2D eigenvalue weighted by Gasteiger charge is 2.04. The van der Waals surface area contributed by atoms with E-state index in [1.165, 1.54) is 6.07 Å². The minimum Gasteiger partial charge on any atom is -0.366 e. The van der Waals surface area contributed by atoms with Gasteiger partial charge in [-0.1, -0.05) is 12.1 Å². The van der Waals surface area contributed by atoms with Gasteiger partial charge in [0.15, 0.2) is 5.11 Å². The Morgan fingerprint density at radius 2 is 1.81 bits per heavy atom. The normalized spacial score (nSPS) is 10.0. The lowest BCUT2D eigenvalue weighted by Gasteiger charge is -2.11. The summed E-state index contributed by atoms with van der Waals surface area (Å²) in [5.74, 6) is -0.823. The largest absolute Gasteiger partial charge is 0.366 e. The van der Waals surface area contributed by atoms with Crippen LogP contribution < -0.4 is 16.4 Å². The van der Waals surface area contributed by atoms with E-state index in [4.69, 9.17) is 18.0 Å². The van der Waals surface area contributed by atoms with E-state index in [1.807, 2.05) is 0 Å².